The lowest BCUT2D eigenvalue weighted by molar-refractivity contribution is 0.178. The number of nitrogens with one attached hydrogen (secondary N) is 1. The van der Waals surface area contributed by atoms with Crippen LogP contribution in [0.3, 0.4) is 0 Å². The molecule has 0 aromatic carbocycles. The smallest absolute Gasteiger partial charge is 0.0414 e. The molecular formula is C16H28N2S. The highest BCUT2D eigenvalue weighted by molar-refractivity contribution is 7.12. The van der Waals surface area contributed by atoms with Crippen LogP contribution in [0.2, 0.25) is 0 Å². The molecule has 2 heterocycles. The van der Waals surface area contributed by atoms with Crippen molar-refractivity contribution in [2.24, 2.45) is 0 Å². The number of thiophene rings is 1. The summed E-state index contributed by atoms with van der Waals surface area (Å²) < 4.78 is 0. The second-order valence-corrected chi connectivity index (χ2v) is 7.09. The largest absolute Gasteiger partial charge is 0.313 e. The van der Waals surface area contributed by atoms with Gasteiger partial charge >= 0.3 is 0 Å². The van der Waals surface area contributed by atoms with E-state index < -0.39 is 0 Å². The first-order chi connectivity index (χ1) is 9.20. The van der Waals surface area contributed by atoms with Gasteiger partial charge in [-0.2, -0.15) is 0 Å². The van der Waals surface area contributed by atoms with Crippen molar-refractivity contribution >= 4 is 11.3 Å². The minimum Gasteiger partial charge on any atom is -0.313 e. The van der Waals surface area contributed by atoms with Crippen molar-refractivity contribution in [2.75, 3.05) is 19.6 Å². The molecule has 1 aliphatic heterocycles. The van der Waals surface area contributed by atoms with E-state index >= 15 is 0 Å². The van der Waals surface area contributed by atoms with Gasteiger partial charge in [0.1, 0.15) is 0 Å². The summed E-state index contributed by atoms with van der Waals surface area (Å²) in [7, 11) is 0. The predicted molar refractivity (Wildman–Crippen MR) is 85.0 cm³/mol. The van der Waals surface area contributed by atoms with E-state index in [4.69, 9.17) is 0 Å². The molecular weight excluding hydrogens is 252 g/mol. The van der Waals surface area contributed by atoms with Crippen molar-refractivity contribution in [3.05, 3.63) is 21.9 Å². The Kier molecular flexibility index (Phi) is 5.86. The van der Waals surface area contributed by atoms with Crippen LogP contribution in [-0.2, 0) is 0 Å². The summed E-state index contributed by atoms with van der Waals surface area (Å²) in [4.78, 5) is 5.60. The fraction of sp³-hybridized carbons (Fsp3) is 0.750. The molecule has 2 rings (SSSR count). The lowest BCUT2D eigenvalue weighted by Crippen LogP contribution is -2.44. The van der Waals surface area contributed by atoms with Crippen LogP contribution < -0.4 is 5.32 Å². The lowest BCUT2D eigenvalue weighted by atomic mass is 10.0. The number of rotatable bonds is 6. The first kappa shape index (κ1) is 15.0. The molecule has 2 nitrogen and oxygen atoms in total. The Hall–Kier alpha value is -0.380. The highest BCUT2D eigenvalue weighted by atomic mass is 32.1. The SMILES string of the molecule is CCCN(CC1CCCCN1)C(C)c1ccc(C)s1. The number of hydrogen-bond donors (Lipinski definition) is 1. The number of piperidine rings is 1. The van der Waals surface area contributed by atoms with Gasteiger partial charge in [0.05, 0.1) is 0 Å². The van der Waals surface area contributed by atoms with Crippen LogP contribution in [0.15, 0.2) is 12.1 Å². The van der Waals surface area contributed by atoms with Gasteiger partial charge in [0.25, 0.3) is 0 Å². The fourth-order valence-electron chi connectivity index (χ4n) is 2.95. The molecule has 0 bridgehead atoms. The van der Waals surface area contributed by atoms with Gasteiger partial charge in [0, 0.05) is 28.4 Å². The monoisotopic (exact) mass is 280 g/mol. The Balaban J connectivity index is 1.97. The van der Waals surface area contributed by atoms with E-state index in [2.05, 4.69) is 43.1 Å². The van der Waals surface area contributed by atoms with Gasteiger partial charge < -0.3 is 5.32 Å². The van der Waals surface area contributed by atoms with Gasteiger partial charge in [-0.15, -0.1) is 11.3 Å². The number of nitrogens with zero attached hydrogens (tertiary/aromatic N) is 1. The first-order valence-electron chi connectivity index (χ1n) is 7.74. The molecule has 1 aromatic heterocycles. The summed E-state index contributed by atoms with van der Waals surface area (Å²) in [6.45, 7) is 10.5. The molecule has 2 atom stereocenters. The van der Waals surface area contributed by atoms with E-state index in [1.165, 1.54) is 55.1 Å². The third-order valence-corrected chi connectivity index (χ3v) is 5.27. The Morgan fingerprint density at radius 2 is 2.26 bits per heavy atom. The molecule has 1 aliphatic rings. The van der Waals surface area contributed by atoms with Crippen LogP contribution in [0.5, 0.6) is 0 Å². The van der Waals surface area contributed by atoms with E-state index in [0.29, 0.717) is 12.1 Å². The summed E-state index contributed by atoms with van der Waals surface area (Å²) >= 11 is 1.95. The molecule has 2 unspecified atom stereocenters. The van der Waals surface area contributed by atoms with E-state index in [9.17, 15) is 0 Å². The van der Waals surface area contributed by atoms with E-state index in [1.807, 2.05) is 11.3 Å². The van der Waals surface area contributed by atoms with Gasteiger partial charge in [0.15, 0.2) is 0 Å². The average molecular weight is 280 g/mol. The number of hydrogen-bond acceptors (Lipinski definition) is 3. The van der Waals surface area contributed by atoms with Crippen molar-refractivity contribution in [3.63, 3.8) is 0 Å². The zero-order valence-corrected chi connectivity index (χ0v) is 13.4. The molecule has 3 heteroatoms. The standard InChI is InChI=1S/C16H28N2S/c1-4-11-18(12-15-7-5-6-10-17-15)14(3)16-9-8-13(2)19-16/h8-9,14-15,17H,4-7,10-12H2,1-3H3. The molecule has 1 aromatic rings. The van der Waals surface area contributed by atoms with Gasteiger partial charge in [-0.1, -0.05) is 13.3 Å². The van der Waals surface area contributed by atoms with E-state index in [0.717, 1.165) is 0 Å². The van der Waals surface area contributed by atoms with E-state index in [-0.39, 0.29) is 0 Å². The Bertz CT molecular complexity index is 369. The highest BCUT2D eigenvalue weighted by Crippen LogP contribution is 2.28. The summed E-state index contributed by atoms with van der Waals surface area (Å²) in [5.41, 5.74) is 0. The van der Waals surface area contributed by atoms with Crippen LogP contribution in [0, 0.1) is 6.92 Å². The zero-order chi connectivity index (χ0) is 13.7. The fourth-order valence-corrected chi connectivity index (χ4v) is 3.91. The lowest BCUT2D eigenvalue weighted by Gasteiger charge is -2.34. The second-order valence-electron chi connectivity index (χ2n) is 5.77. The third kappa shape index (κ3) is 4.30. The average Bonchev–Trinajstić information content (AvgIpc) is 2.85. The molecule has 0 aliphatic carbocycles. The van der Waals surface area contributed by atoms with Crippen molar-refractivity contribution in [1.82, 2.24) is 10.2 Å². The maximum absolute atomic E-state index is 3.68. The van der Waals surface area contributed by atoms with Gasteiger partial charge in [-0.05, 0) is 58.3 Å². The van der Waals surface area contributed by atoms with Gasteiger partial charge in [-0.3, -0.25) is 4.90 Å². The van der Waals surface area contributed by atoms with Crippen LogP contribution in [-0.4, -0.2) is 30.6 Å². The maximum Gasteiger partial charge on any atom is 0.0414 e. The summed E-state index contributed by atoms with van der Waals surface area (Å²) in [6, 6.07) is 5.81. The van der Waals surface area contributed by atoms with Crippen molar-refractivity contribution < 1.29 is 0 Å². The summed E-state index contributed by atoms with van der Waals surface area (Å²) in [5, 5.41) is 3.68. The molecule has 1 N–H and O–H groups in total. The topological polar surface area (TPSA) is 15.3 Å². The van der Waals surface area contributed by atoms with Crippen LogP contribution in [0.25, 0.3) is 0 Å². The Morgan fingerprint density at radius 3 is 2.84 bits per heavy atom. The minimum absolute atomic E-state index is 0.558. The molecule has 19 heavy (non-hydrogen) atoms. The number of aryl methyl sites for hydroxylation is 1. The first-order valence-corrected chi connectivity index (χ1v) is 8.56. The molecule has 0 spiro atoms. The van der Waals surface area contributed by atoms with Crippen molar-refractivity contribution in [3.8, 4) is 0 Å². The molecule has 1 saturated heterocycles. The highest BCUT2D eigenvalue weighted by Gasteiger charge is 2.21. The molecule has 108 valence electrons. The molecule has 0 saturated carbocycles. The zero-order valence-electron chi connectivity index (χ0n) is 12.6. The molecule has 0 radical (unpaired) electrons. The van der Waals surface area contributed by atoms with Crippen LogP contribution >= 0.6 is 11.3 Å². The Labute approximate surface area is 122 Å². The van der Waals surface area contributed by atoms with Crippen molar-refractivity contribution in [1.29, 1.82) is 0 Å². The second kappa shape index (κ2) is 7.41. The molecule has 1 fully saturated rings. The van der Waals surface area contributed by atoms with Gasteiger partial charge in [0.2, 0.25) is 0 Å². The van der Waals surface area contributed by atoms with Gasteiger partial charge in [-0.25, -0.2) is 0 Å². The third-order valence-electron chi connectivity index (χ3n) is 4.10. The summed E-state index contributed by atoms with van der Waals surface area (Å²) in [5.74, 6) is 0. The predicted octanol–water partition coefficient (Wildman–Crippen LogP) is 3.97. The van der Waals surface area contributed by atoms with Crippen LogP contribution in [0.1, 0.15) is 55.3 Å². The van der Waals surface area contributed by atoms with Crippen molar-refractivity contribution in [2.45, 2.75) is 58.5 Å². The maximum atomic E-state index is 3.68. The quantitative estimate of drug-likeness (QED) is 0.848. The minimum atomic E-state index is 0.558. The van der Waals surface area contributed by atoms with Crippen LogP contribution in [0.4, 0.5) is 0 Å². The normalized spacial score (nSPS) is 21.8. The van der Waals surface area contributed by atoms with E-state index in [1.54, 1.807) is 0 Å². The molecule has 0 amide bonds. The Morgan fingerprint density at radius 1 is 1.42 bits per heavy atom. The summed E-state index contributed by atoms with van der Waals surface area (Å²) in [6.07, 6.45) is 5.33.